The van der Waals surface area contributed by atoms with Gasteiger partial charge in [0.15, 0.2) is 0 Å². The highest BCUT2D eigenvalue weighted by atomic mass is 15.1. The predicted molar refractivity (Wildman–Crippen MR) is 185 cm³/mol. The van der Waals surface area contributed by atoms with E-state index in [1.165, 1.54) is 60.3 Å². The molecule has 8 rings (SSSR count). The van der Waals surface area contributed by atoms with E-state index in [4.69, 9.17) is 0 Å². The molecular formula is C42H29N. The van der Waals surface area contributed by atoms with Crippen molar-refractivity contribution in [2.45, 2.75) is 0 Å². The van der Waals surface area contributed by atoms with E-state index in [2.05, 4.69) is 181 Å². The second-order valence-electron chi connectivity index (χ2n) is 11.0. The molecular weight excluding hydrogens is 518 g/mol. The third-order valence-corrected chi connectivity index (χ3v) is 8.45. The van der Waals surface area contributed by atoms with E-state index in [9.17, 15) is 0 Å². The molecule has 0 heterocycles. The van der Waals surface area contributed by atoms with Gasteiger partial charge in [0.25, 0.3) is 0 Å². The van der Waals surface area contributed by atoms with Gasteiger partial charge >= 0.3 is 0 Å². The summed E-state index contributed by atoms with van der Waals surface area (Å²) in [5, 5.41) is 7.54. The Bertz CT molecular complexity index is 2120. The van der Waals surface area contributed by atoms with Crippen LogP contribution in [0, 0.1) is 0 Å². The lowest BCUT2D eigenvalue weighted by atomic mass is 9.95. The van der Waals surface area contributed by atoms with E-state index in [0.29, 0.717) is 0 Å². The van der Waals surface area contributed by atoms with Gasteiger partial charge in [-0.15, -0.1) is 0 Å². The third-order valence-electron chi connectivity index (χ3n) is 8.45. The van der Waals surface area contributed by atoms with Crippen LogP contribution in [0.5, 0.6) is 0 Å². The Morgan fingerprint density at radius 2 is 0.721 bits per heavy atom. The number of nitrogens with zero attached hydrogens (tertiary/aromatic N) is 1. The van der Waals surface area contributed by atoms with Crippen LogP contribution in [-0.4, -0.2) is 0 Å². The van der Waals surface area contributed by atoms with Gasteiger partial charge in [-0.3, -0.25) is 0 Å². The zero-order valence-corrected chi connectivity index (χ0v) is 23.7. The number of benzene rings is 8. The van der Waals surface area contributed by atoms with Crippen LogP contribution in [0.3, 0.4) is 0 Å². The average Bonchev–Trinajstić information content (AvgIpc) is 3.10. The van der Waals surface area contributed by atoms with E-state index in [1.807, 2.05) is 0 Å². The van der Waals surface area contributed by atoms with Crippen molar-refractivity contribution in [2.75, 3.05) is 4.90 Å². The number of rotatable bonds is 5. The minimum absolute atomic E-state index is 1.12. The van der Waals surface area contributed by atoms with Gasteiger partial charge in [-0.05, 0) is 79.5 Å². The van der Waals surface area contributed by atoms with Crippen LogP contribution in [0.25, 0.3) is 54.6 Å². The van der Waals surface area contributed by atoms with Gasteiger partial charge in [-0.2, -0.15) is 0 Å². The highest BCUT2D eigenvalue weighted by molar-refractivity contribution is 6.21. The summed E-state index contributed by atoms with van der Waals surface area (Å²) in [5.41, 5.74) is 8.26. The summed E-state index contributed by atoms with van der Waals surface area (Å²) in [6, 6.07) is 63.5. The Balaban J connectivity index is 1.37. The van der Waals surface area contributed by atoms with Crippen molar-refractivity contribution in [1.29, 1.82) is 0 Å². The Morgan fingerprint density at radius 3 is 1.30 bits per heavy atom. The molecule has 1 nitrogen and oxygen atoms in total. The number of fused-ring (bicyclic) bond motifs is 5. The highest BCUT2D eigenvalue weighted by Crippen LogP contribution is 2.44. The van der Waals surface area contributed by atoms with Gasteiger partial charge in [0, 0.05) is 16.8 Å². The molecule has 0 saturated heterocycles. The van der Waals surface area contributed by atoms with Crippen LogP contribution in [-0.2, 0) is 0 Å². The summed E-state index contributed by atoms with van der Waals surface area (Å²) in [5.74, 6) is 0. The van der Waals surface area contributed by atoms with E-state index in [-0.39, 0.29) is 0 Å². The van der Waals surface area contributed by atoms with E-state index in [0.717, 1.165) is 11.4 Å². The fourth-order valence-corrected chi connectivity index (χ4v) is 6.32. The molecule has 0 aromatic heterocycles. The maximum Gasteiger partial charge on any atom is 0.0546 e. The van der Waals surface area contributed by atoms with E-state index >= 15 is 0 Å². The molecule has 43 heavy (non-hydrogen) atoms. The van der Waals surface area contributed by atoms with Crippen LogP contribution < -0.4 is 4.90 Å². The SMILES string of the molecule is c1ccc(-c2ccc(N(c3ccc(-c4ccccc4)cc3)c3cc4c5ccccc5ccc4c4ccccc34)cc2)cc1. The van der Waals surface area contributed by atoms with Crippen LogP contribution in [0.4, 0.5) is 17.1 Å². The van der Waals surface area contributed by atoms with Crippen molar-refractivity contribution in [2.24, 2.45) is 0 Å². The van der Waals surface area contributed by atoms with Crippen LogP contribution in [0.15, 0.2) is 176 Å². The summed E-state index contributed by atoms with van der Waals surface area (Å²) >= 11 is 0. The van der Waals surface area contributed by atoms with Gasteiger partial charge in [0.2, 0.25) is 0 Å². The van der Waals surface area contributed by atoms with Crippen LogP contribution >= 0.6 is 0 Å². The summed E-state index contributed by atoms with van der Waals surface area (Å²) < 4.78 is 0. The lowest BCUT2D eigenvalue weighted by Gasteiger charge is -2.28. The number of hydrogen-bond acceptors (Lipinski definition) is 1. The van der Waals surface area contributed by atoms with Crippen molar-refractivity contribution in [3.8, 4) is 22.3 Å². The zero-order valence-electron chi connectivity index (χ0n) is 23.7. The van der Waals surface area contributed by atoms with Crippen molar-refractivity contribution in [1.82, 2.24) is 0 Å². The smallest absolute Gasteiger partial charge is 0.0546 e. The first kappa shape index (κ1) is 25.1. The summed E-state index contributed by atoms with van der Waals surface area (Å²) in [4.78, 5) is 2.41. The Kier molecular flexibility index (Phi) is 6.20. The molecule has 0 spiro atoms. The van der Waals surface area contributed by atoms with Crippen molar-refractivity contribution >= 4 is 49.4 Å². The van der Waals surface area contributed by atoms with Crippen molar-refractivity contribution < 1.29 is 0 Å². The number of anilines is 3. The molecule has 0 atom stereocenters. The second kappa shape index (κ2) is 10.6. The minimum atomic E-state index is 1.12. The summed E-state index contributed by atoms with van der Waals surface area (Å²) in [6.07, 6.45) is 0. The molecule has 0 aliphatic carbocycles. The lowest BCUT2D eigenvalue weighted by molar-refractivity contribution is 1.30. The van der Waals surface area contributed by atoms with Gasteiger partial charge < -0.3 is 4.90 Å². The fraction of sp³-hybridized carbons (Fsp3) is 0. The van der Waals surface area contributed by atoms with E-state index in [1.54, 1.807) is 0 Å². The average molecular weight is 548 g/mol. The molecule has 0 saturated carbocycles. The molecule has 0 N–H and O–H groups in total. The maximum atomic E-state index is 2.41. The molecule has 0 aliphatic heterocycles. The second-order valence-corrected chi connectivity index (χ2v) is 11.0. The first-order chi connectivity index (χ1) is 21.3. The molecule has 8 aromatic rings. The van der Waals surface area contributed by atoms with Crippen LogP contribution in [0.1, 0.15) is 0 Å². The molecule has 0 fully saturated rings. The minimum Gasteiger partial charge on any atom is -0.310 e. The zero-order chi connectivity index (χ0) is 28.6. The van der Waals surface area contributed by atoms with Crippen molar-refractivity contribution in [3.05, 3.63) is 176 Å². The molecule has 0 bridgehead atoms. The fourth-order valence-electron chi connectivity index (χ4n) is 6.32. The first-order valence-corrected chi connectivity index (χ1v) is 14.8. The van der Waals surface area contributed by atoms with Gasteiger partial charge in [0.1, 0.15) is 0 Å². The van der Waals surface area contributed by atoms with Gasteiger partial charge in [-0.25, -0.2) is 0 Å². The van der Waals surface area contributed by atoms with Gasteiger partial charge in [0.05, 0.1) is 5.69 Å². The highest BCUT2D eigenvalue weighted by Gasteiger charge is 2.18. The Morgan fingerprint density at radius 1 is 0.279 bits per heavy atom. The Hall–Kier alpha value is -5.66. The van der Waals surface area contributed by atoms with Gasteiger partial charge in [-0.1, -0.05) is 146 Å². The quantitative estimate of drug-likeness (QED) is 0.194. The standard InChI is InChI=1S/C42H29N/c1-3-11-30(12-4-1)32-19-24-35(25-20-32)43(36-26-21-33(22-27-36)31-13-5-2-6-14-31)42-29-41-37-16-8-7-15-34(37)23-28-39(41)38-17-9-10-18-40(38)42/h1-29H. The third kappa shape index (κ3) is 4.52. The Labute approximate surface area is 251 Å². The normalized spacial score (nSPS) is 11.3. The lowest BCUT2D eigenvalue weighted by Crippen LogP contribution is -2.10. The summed E-state index contributed by atoms with van der Waals surface area (Å²) in [7, 11) is 0. The predicted octanol–water partition coefficient (Wildman–Crippen LogP) is 11.9. The first-order valence-electron chi connectivity index (χ1n) is 14.8. The van der Waals surface area contributed by atoms with Crippen molar-refractivity contribution in [3.63, 3.8) is 0 Å². The molecule has 0 amide bonds. The molecule has 0 radical (unpaired) electrons. The molecule has 8 aromatic carbocycles. The molecule has 0 unspecified atom stereocenters. The largest absolute Gasteiger partial charge is 0.310 e. The maximum absolute atomic E-state index is 2.41. The monoisotopic (exact) mass is 547 g/mol. The summed E-state index contributed by atoms with van der Waals surface area (Å²) in [6.45, 7) is 0. The molecule has 1 heteroatoms. The van der Waals surface area contributed by atoms with Crippen LogP contribution in [0.2, 0.25) is 0 Å². The molecule has 202 valence electrons. The topological polar surface area (TPSA) is 3.24 Å². The van der Waals surface area contributed by atoms with E-state index < -0.39 is 0 Å². The molecule has 0 aliphatic rings. The number of hydrogen-bond donors (Lipinski definition) is 0.